The number of benzene rings is 2. The quantitative estimate of drug-likeness (QED) is 0.144. The molecule has 0 bridgehead atoms. The molecule has 0 radical (unpaired) electrons. The first kappa shape index (κ1) is 25.7. The van der Waals surface area contributed by atoms with Crippen LogP contribution >= 0.6 is 11.8 Å². The number of ether oxygens (including phenoxy) is 1. The molecule has 0 fully saturated rings. The van der Waals surface area contributed by atoms with Gasteiger partial charge in [-0.05, 0) is 49.7 Å². The van der Waals surface area contributed by atoms with Gasteiger partial charge in [0.15, 0.2) is 5.16 Å². The molecule has 12 heteroatoms. The summed E-state index contributed by atoms with van der Waals surface area (Å²) < 4.78 is 31.4. The molecule has 0 aliphatic rings. The number of halogens is 2. The fourth-order valence-corrected chi connectivity index (χ4v) is 3.94. The van der Waals surface area contributed by atoms with Crippen molar-refractivity contribution in [2.45, 2.75) is 31.2 Å². The number of carbonyl (C=O) groups is 1. The predicted molar refractivity (Wildman–Crippen MR) is 127 cm³/mol. The number of nitro groups is 1. The van der Waals surface area contributed by atoms with E-state index in [-0.39, 0.29) is 22.1 Å². The summed E-state index contributed by atoms with van der Waals surface area (Å²) in [5.74, 6) is 0.323. The van der Waals surface area contributed by atoms with E-state index < -0.39 is 17.3 Å². The Morgan fingerprint density at radius 3 is 2.69 bits per heavy atom. The first-order chi connectivity index (χ1) is 16.7. The van der Waals surface area contributed by atoms with E-state index in [1.165, 1.54) is 49.4 Å². The van der Waals surface area contributed by atoms with Gasteiger partial charge in [0.1, 0.15) is 11.4 Å². The van der Waals surface area contributed by atoms with Crippen LogP contribution in [-0.2, 0) is 5.75 Å². The number of thioether (sulfide) groups is 1. The minimum Gasteiger partial charge on any atom is -0.496 e. The fourth-order valence-electron chi connectivity index (χ4n) is 3.05. The van der Waals surface area contributed by atoms with Crippen LogP contribution in [0.1, 0.15) is 44.9 Å². The summed E-state index contributed by atoms with van der Waals surface area (Å²) in [7, 11) is 1.51. The molecule has 1 N–H and O–H groups in total. The van der Waals surface area contributed by atoms with Crippen LogP contribution in [0.15, 0.2) is 52.7 Å². The second kappa shape index (κ2) is 11.5. The third kappa shape index (κ3) is 6.79. The Labute approximate surface area is 203 Å². The molecule has 0 saturated carbocycles. The molecule has 2 aromatic carbocycles. The van der Waals surface area contributed by atoms with Gasteiger partial charge in [0, 0.05) is 34.2 Å². The second-order valence-corrected chi connectivity index (χ2v) is 8.28. The summed E-state index contributed by atoms with van der Waals surface area (Å²) in [6, 6.07) is 10.6. The van der Waals surface area contributed by atoms with Crippen molar-refractivity contribution in [3.05, 3.63) is 86.2 Å². The number of rotatable bonds is 9. The summed E-state index contributed by atoms with van der Waals surface area (Å²) in [5.41, 5.74) is 4.23. The molecule has 3 rings (SSSR count). The van der Waals surface area contributed by atoms with E-state index in [9.17, 15) is 23.7 Å². The van der Waals surface area contributed by atoms with Crippen LogP contribution in [0.5, 0.6) is 5.75 Å². The van der Waals surface area contributed by atoms with Crippen LogP contribution in [0.4, 0.5) is 14.5 Å². The zero-order chi connectivity index (χ0) is 25.5. The van der Waals surface area contributed by atoms with Gasteiger partial charge in [-0.25, -0.2) is 24.2 Å². The summed E-state index contributed by atoms with van der Waals surface area (Å²) in [6.07, 6.45) is -1.28. The van der Waals surface area contributed by atoms with Crippen molar-refractivity contribution in [1.82, 2.24) is 15.4 Å². The average Bonchev–Trinajstić information content (AvgIpc) is 2.82. The Morgan fingerprint density at radius 1 is 1.23 bits per heavy atom. The standard InChI is InChI=1S/C23H21F2N5O4S/c1-13-4-6-16(10-19(13)30(32)33)22(31)29-26-11-15-5-7-20(34-3)17(9-15)12-35-23-27-14(2)8-18(28-23)21(24)25/h4-11,21H,12H2,1-3H3,(H,29,31)/b26-11+. The molecule has 35 heavy (non-hydrogen) atoms. The molecular weight excluding hydrogens is 480 g/mol. The van der Waals surface area contributed by atoms with Gasteiger partial charge in [-0.3, -0.25) is 14.9 Å². The van der Waals surface area contributed by atoms with Gasteiger partial charge in [0.2, 0.25) is 0 Å². The fraction of sp³-hybridized carbons (Fsp3) is 0.217. The first-order valence-corrected chi connectivity index (χ1v) is 11.2. The summed E-state index contributed by atoms with van der Waals surface area (Å²) >= 11 is 1.18. The van der Waals surface area contributed by atoms with Crippen molar-refractivity contribution in [1.29, 1.82) is 0 Å². The Balaban J connectivity index is 1.71. The number of nitrogens with one attached hydrogen (secondary N) is 1. The molecule has 0 spiro atoms. The molecule has 0 aliphatic carbocycles. The minimum absolute atomic E-state index is 0.104. The number of carbonyl (C=O) groups excluding carboxylic acids is 1. The van der Waals surface area contributed by atoms with Crippen LogP contribution in [0.3, 0.4) is 0 Å². The highest BCUT2D eigenvalue weighted by Gasteiger charge is 2.15. The molecule has 1 amide bonds. The summed E-state index contributed by atoms with van der Waals surface area (Å²) in [4.78, 5) is 30.9. The third-order valence-corrected chi connectivity index (χ3v) is 5.68. The molecule has 1 aromatic heterocycles. The number of alkyl halides is 2. The smallest absolute Gasteiger partial charge is 0.280 e. The van der Waals surface area contributed by atoms with Gasteiger partial charge in [-0.15, -0.1) is 0 Å². The van der Waals surface area contributed by atoms with Crippen molar-refractivity contribution >= 4 is 29.6 Å². The Morgan fingerprint density at radius 2 is 2.00 bits per heavy atom. The number of nitro benzene ring substituents is 1. The number of aromatic nitrogens is 2. The molecular formula is C23H21F2N5O4S. The van der Waals surface area contributed by atoms with Crippen molar-refractivity contribution < 1.29 is 23.2 Å². The Kier molecular flexibility index (Phi) is 8.42. The van der Waals surface area contributed by atoms with Crippen LogP contribution < -0.4 is 10.2 Å². The van der Waals surface area contributed by atoms with Gasteiger partial charge < -0.3 is 4.74 Å². The second-order valence-electron chi connectivity index (χ2n) is 7.33. The maximum Gasteiger partial charge on any atom is 0.280 e. The molecule has 1 heterocycles. The van der Waals surface area contributed by atoms with Crippen molar-refractivity contribution in [2.75, 3.05) is 7.11 Å². The highest BCUT2D eigenvalue weighted by Crippen LogP contribution is 2.28. The van der Waals surface area contributed by atoms with Crippen LogP contribution in [-0.4, -0.2) is 34.1 Å². The Hall–Kier alpha value is -3.93. The van der Waals surface area contributed by atoms with E-state index in [0.717, 1.165) is 5.56 Å². The zero-order valence-electron chi connectivity index (χ0n) is 19.0. The molecule has 182 valence electrons. The lowest BCUT2D eigenvalue weighted by molar-refractivity contribution is -0.385. The van der Waals surface area contributed by atoms with Gasteiger partial charge in [-0.1, -0.05) is 17.8 Å². The monoisotopic (exact) mass is 501 g/mol. The van der Waals surface area contributed by atoms with Crippen molar-refractivity contribution in [2.24, 2.45) is 5.10 Å². The number of methoxy groups -OCH3 is 1. The molecule has 9 nitrogen and oxygen atoms in total. The number of amides is 1. The first-order valence-electron chi connectivity index (χ1n) is 10.2. The number of hydrogen-bond acceptors (Lipinski definition) is 8. The normalized spacial score (nSPS) is 11.1. The van der Waals surface area contributed by atoms with E-state index in [0.29, 0.717) is 28.3 Å². The number of aryl methyl sites for hydroxylation is 2. The molecule has 3 aromatic rings. The lowest BCUT2D eigenvalue weighted by Crippen LogP contribution is -2.17. The molecule has 0 atom stereocenters. The zero-order valence-corrected chi connectivity index (χ0v) is 19.8. The average molecular weight is 502 g/mol. The van der Waals surface area contributed by atoms with Gasteiger partial charge >= 0.3 is 0 Å². The maximum atomic E-state index is 13.0. The van der Waals surface area contributed by atoms with Crippen molar-refractivity contribution in [3.63, 3.8) is 0 Å². The summed E-state index contributed by atoms with van der Waals surface area (Å²) in [6.45, 7) is 3.21. The topological polar surface area (TPSA) is 120 Å². The number of hydrogen-bond donors (Lipinski definition) is 1. The molecule has 0 saturated heterocycles. The van der Waals surface area contributed by atoms with Gasteiger partial charge in [-0.2, -0.15) is 5.10 Å². The predicted octanol–water partition coefficient (Wildman–Crippen LogP) is 5.00. The van der Waals surface area contributed by atoms with Crippen LogP contribution in [0, 0.1) is 24.0 Å². The van der Waals surface area contributed by atoms with Crippen LogP contribution in [0.25, 0.3) is 0 Å². The minimum atomic E-state index is -2.69. The van der Waals surface area contributed by atoms with Gasteiger partial charge in [0.25, 0.3) is 18.0 Å². The van der Waals surface area contributed by atoms with Gasteiger partial charge in [0.05, 0.1) is 18.2 Å². The van der Waals surface area contributed by atoms with E-state index in [1.54, 1.807) is 32.0 Å². The number of hydrazone groups is 1. The van der Waals surface area contributed by atoms with E-state index >= 15 is 0 Å². The highest BCUT2D eigenvalue weighted by atomic mass is 32.2. The Bertz CT molecular complexity index is 1290. The number of nitrogens with zero attached hydrogens (tertiary/aromatic N) is 4. The third-order valence-electron chi connectivity index (χ3n) is 4.79. The summed E-state index contributed by atoms with van der Waals surface area (Å²) in [5, 5.41) is 15.2. The largest absolute Gasteiger partial charge is 0.496 e. The lowest BCUT2D eigenvalue weighted by atomic mass is 10.1. The van der Waals surface area contributed by atoms with E-state index in [1.807, 2.05) is 0 Å². The lowest BCUT2D eigenvalue weighted by Gasteiger charge is -2.10. The maximum absolute atomic E-state index is 13.0. The van der Waals surface area contributed by atoms with E-state index in [2.05, 4.69) is 20.5 Å². The highest BCUT2D eigenvalue weighted by molar-refractivity contribution is 7.98. The molecule has 0 unspecified atom stereocenters. The van der Waals surface area contributed by atoms with E-state index in [4.69, 9.17) is 4.74 Å². The van der Waals surface area contributed by atoms with Crippen molar-refractivity contribution in [3.8, 4) is 5.75 Å². The molecule has 0 aliphatic heterocycles. The van der Waals surface area contributed by atoms with Crippen LogP contribution in [0.2, 0.25) is 0 Å². The SMILES string of the molecule is COc1ccc(/C=N/NC(=O)c2ccc(C)c([N+](=O)[O-])c2)cc1CSc1nc(C)cc(C(F)F)n1.